The number of halogens is 1. The third kappa shape index (κ3) is 3.15. The van der Waals surface area contributed by atoms with Gasteiger partial charge in [-0.1, -0.05) is 11.6 Å². The maximum absolute atomic E-state index is 12.2. The summed E-state index contributed by atoms with van der Waals surface area (Å²) in [7, 11) is 0. The van der Waals surface area contributed by atoms with E-state index in [-0.39, 0.29) is 17.7 Å². The Kier molecular flexibility index (Phi) is 4.06. The highest BCUT2D eigenvalue weighted by Crippen LogP contribution is 2.34. The molecular weight excluding hydrogens is 294 g/mol. The molecule has 1 spiro atoms. The van der Waals surface area contributed by atoms with Crippen molar-refractivity contribution in [3.05, 3.63) is 28.8 Å². The molecule has 2 heterocycles. The van der Waals surface area contributed by atoms with E-state index >= 15 is 0 Å². The lowest BCUT2D eigenvalue weighted by molar-refractivity contribution is -0.120. The number of hydrogen-bond donors (Lipinski definition) is 1. The molecule has 0 aliphatic carbocycles. The summed E-state index contributed by atoms with van der Waals surface area (Å²) in [4.78, 5) is 12.2. The number of nitrogens with two attached hydrogens (primary N) is 1. The normalized spacial score (nSPS) is 28.7. The minimum atomic E-state index is -0.376. The second-order valence-corrected chi connectivity index (χ2v) is 6.00. The molecule has 6 heteroatoms. The van der Waals surface area contributed by atoms with Crippen LogP contribution >= 0.6 is 11.6 Å². The molecule has 5 nitrogen and oxygen atoms in total. The summed E-state index contributed by atoms with van der Waals surface area (Å²) < 4.78 is 16.8. The molecule has 114 valence electrons. The number of carbonyl (C=O) groups is 1. The molecule has 2 saturated heterocycles. The Bertz CT molecular complexity index is 542. The van der Waals surface area contributed by atoms with E-state index in [4.69, 9.17) is 31.5 Å². The lowest BCUT2D eigenvalue weighted by atomic mass is 9.91. The van der Waals surface area contributed by atoms with Crippen molar-refractivity contribution in [2.45, 2.75) is 31.0 Å². The molecule has 2 aliphatic rings. The summed E-state index contributed by atoms with van der Waals surface area (Å²) in [6.45, 7) is 1.87. The van der Waals surface area contributed by atoms with E-state index in [1.54, 1.807) is 18.2 Å². The largest absolute Gasteiger partial charge is 0.459 e. The average Bonchev–Trinajstić information content (AvgIpc) is 2.89. The van der Waals surface area contributed by atoms with Crippen LogP contribution in [0.15, 0.2) is 18.2 Å². The predicted octanol–water partition coefficient (Wildman–Crippen LogP) is 2.42. The highest BCUT2D eigenvalue weighted by molar-refractivity contribution is 6.33. The van der Waals surface area contributed by atoms with Gasteiger partial charge in [0.15, 0.2) is 0 Å². The van der Waals surface area contributed by atoms with Crippen molar-refractivity contribution >= 4 is 23.3 Å². The van der Waals surface area contributed by atoms with Gasteiger partial charge in [0.25, 0.3) is 0 Å². The fourth-order valence-electron chi connectivity index (χ4n) is 2.84. The van der Waals surface area contributed by atoms with Gasteiger partial charge in [0.2, 0.25) is 0 Å². The second-order valence-electron chi connectivity index (χ2n) is 5.59. The lowest BCUT2D eigenvalue weighted by Gasteiger charge is -2.36. The standard InChI is InChI=1S/C15H18ClNO4/c16-12-2-1-10(7-13(12)17)14(18)21-11-3-5-20-15(8-11)4-6-19-9-15/h1-2,7,11H,3-6,8-9,17H2. The number of nitrogen functional groups attached to an aromatic ring is 1. The number of anilines is 1. The van der Waals surface area contributed by atoms with Gasteiger partial charge in [0.1, 0.15) is 6.10 Å². The number of esters is 1. The summed E-state index contributed by atoms with van der Waals surface area (Å²) in [5, 5.41) is 0.430. The first-order valence-electron chi connectivity index (χ1n) is 7.06. The monoisotopic (exact) mass is 311 g/mol. The zero-order valence-electron chi connectivity index (χ0n) is 11.6. The topological polar surface area (TPSA) is 70.8 Å². The van der Waals surface area contributed by atoms with Crippen molar-refractivity contribution in [3.8, 4) is 0 Å². The zero-order valence-corrected chi connectivity index (χ0v) is 12.4. The Morgan fingerprint density at radius 3 is 3.00 bits per heavy atom. The van der Waals surface area contributed by atoms with Crippen LogP contribution in [0, 0.1) is 0 Å². The first-order valence-corrected chi connectivity index (χ1v) is 7.43. The van der Waals surface area contributed by atoms with Crippen molar-refractivity contribution in [2.24, 2.45) is 0 Å². The van der Waals surface area contributed by atoms with Gasteiger partial charge in [-0.15, -0.1) is 0 Å². The van der Waals surface area contributed by atoms with E-state index < -0.39 is 0 Å². The van der Waals surface area contributed by atoms with E-state index in [9.17, 15) is 4.79 Å². The Balaban J connectivity index is 1.65. The summed E-state index contributed by atoms with van der Waals surface area (Å²) in [5.74, 6) is -0.376. The van der Waals surface area contributed by atoms with Crippen molar-refractivity contribution in [3.63, 3.8) is 0 Å². The van der Waals surface area contributed by atoms with Gasteiger partial charge < -0.3 is 19.9 Å². The van der Waals surface area contributed by atoms with Gasteiger partial charge in [-0.25, -0.2) is 4.79 Å². The average molecular weight is 312 g/mol. The van der Waals surface area contributed by atoms with Crippen LogP contribution in [0.5, 0.6) is 0 Å². The van der Waals surface area contributed by atoms with E-state index in [0.717, 1.165) is 6.42 Å². The van der Waals surface area contributed by atoms with Crippen LogP contribution in [0.4, 0.5) is 5.69 Å². The third-order valence-electron chi connectivity index (χ3n) is 4.02. The molecule has 0 bridgehead atoms. The van der Waals surface area contributed by atoms with Crippen LogP contribution in [0.3, 0.4) is 0 Å². The Morgan fingerprint density at radius 1 is 1.43 bits per heavy atom. The Morgan fingerprint density at radius 2 is 2.29 bits per heavy atom. The molecule has 21 heavy (non-hydrogen) atoms. The van der Waals surface area contributed by atoms with Crippen molar-refractivity contribution < 1.29 is 19.0 Å². The maximum atomic E-state index is 12.2. The first-order chi connectivity index (χ1) is 10.1. The lowest BCUT2D eigenvalue weighted by Crippen LogP contribution is -2.43. The van der Waals surface area contributed by atoms with Crippen molar-refractivity contribution in [1.82, 2.24) is 0 Å². The SMILES string of the molecule is Nc1cc(C(=O)OC2CCOC3(CCOC3)C2)ccc1Cl. The number of rotatable bonds is 2. The van der Waals surface area contributed by atoms with Gasteiger partial charge in [0.05, 0.1) is 35.1 Å². The van der Waals surface area contributed by atoms with Crippen LogP contribution in [0.2, 0.25) is 5.02 Å². The molecule has 0 saturated carbocycles. The highest BCUT2D eigenvalue weighted by atomic mass is 35.5. The molecule has 0 aromatic heterocycles. The minimum absolute atomic E-state index is 0.148. The molecule has 1 aromatic rings. The Labute approximate surface area is 128 Å². The third-order valence-corrected chi connectivity index (χ3v) is 4.36. The first kappa shape index (κ1) is 14.6. The van der Waals surface area contributed by atoms with Crippen LogP contribution < -0.4 is 5.73 Å². The van der Waals surface area contributed by atoms with Crippen LogP contribution in [0.1, 0.15) is 29.6 Å². The van der Waals surface area contributed by atoms with E-state index in [1.807, 2.05) is 0 Å². The molecule has 2 unspecified atom stereocenters. The van der Waals surface area contributed by atoms with Crippen LogP contribution in [-0.4, -0.2) is 37.5 Å². The highest BCUT2D eigenvalue weighted by Gasteiger charge is 2.42. The van der Waals surface area contributed by atoms with Gasteiger partial charge in [0, 0.05) is 25.9 Å². The molecular formula is C15H18ClNO4. The number of hydrogen-bond acceptors (Lipinski definition) is 5. The van der Waals surface area contributed by atoms with E-state index in [1.165, 1.54) is 0 Å². The molecule has 2 aliphatic heterocycles. The minimum Gasteiger partial charge on any atom is -0.459 e. The number of ether oxygens (including phenoxy) is 3. The number of benzene rings is 1. The van der Waals surface area contributed by atoms with E-state index in [2.05, 4.69) is 0 Å². The van der Waals surface area contributed by atoms with Gasteiger partial charge in [-0.2, -0.15) is 0 Å². The van der Waals surface area contributed by atoms with Crippen molar-refractivity contribution in [1.29, 1.82) is 0 Å². The Hall–Kier alpha value is -1.30. The summed E-state index contributed by atoms with van der Waals surface area (Å²) in [5.41, 5.74) is 6.22. The van der Waals surface area contributed by atoms with Gasteiger partial charge in [-0.05, 0) is 18.2 Å². The summed E-state index contributed by atoms with van der Waals surface area (Å²) in [6.07, 6.45) is 2.10. The van der Waals surface area contributed by atoms with Crippen molar-refractivity contribution in [2.75, 3.05) is 25.6 Å². The van der Waals surface area contributed by atoms with E-state index in [0.29, 0.717) is 48.9 Å². The van der Waals surface area contributed by atoms with Crippen LogP contribution in [-0.2, 0) is 14.2 Å². The maximum Gasteiger partial charge on any atom is 0.338 e. The molecule has 0 radical (unpaired) electrons. The molecule has 2 N–H and O–H groups in total. The van der Waals surface area contributed by atoms with Gasteiger partial charge in [-0.3, -0.25) is 0 Å². The second kappa shape index (κ2) is 5.83. The summed E-state index contributed by atoms with van der Waals surface area (Å²) in [6, 6.07) is 4.76. The smallest absolute Gasteiger partial charge is 0.338 e. The fraction of sp³-hybridized carbons (Fsp3) is 0.533. The molecule has 1 aromatic carbocycles. The molecule has 2 fully saturated rings. The summed E-state index contributed by atoms with van der Waals surface area (Å²) >= 11 is 5.85. The molecule has 2 atom stereocenters. The molecule has 3 rings (SSSR count). The molecule has 0 amide bonds. The number of carbonyl (C=O) groups excluding carboxylic acids is 1. The zero-order chi connectivity index (χ0) is 14.9. The predicted molar refractivity (Wildman–Crippen MR) is 78.4 cm³/mol. The fourth-order valence-corrected chi connectivity index (χ4v) is 2.95. The van der Waals surface area contributed by atoms with Crippen LogP contribution in [0.25, 0.3) is 0 Å². The quantitative estimate of drug-likeness (QED) is 0.671. The van der Waals surface area contributed by atoms with Gasteiger partial charge >= 0.3 is 5.97 Å².